The van der Waals surface area contributed by atoms with Gasteiger partial charge in [0.15, 0.2) is 0 Å². The fourth-order valence-electron chi connectivity index (χ4n) is 1.43. The van der Waals surface area contributed by atoms with Crippen molar-refractivity contribution in [3.05, 3.63) is 12.2 Å². The number of rotatable bonds is 8. The molecule has 132 valence electrons. The summed E-state index contributed by atoms with van der Waals surface area (Å²) in [4.78, 5) is 33.5. The maximum Gasteiger partial charge on any atom is 0.407 e. The van der Waals surface area contributed by atoms with Crippen molar-refractivity contribution in [1.82, 2.24) is 10.6 Å². The first kappa shape index (κ1) is 20.9. The highest BCUT2D eigenvalue weighted by atomic mass is 16.6. The van der Waals surface area contributed by atoms with Crippen LogP contribution in [0.3, 0.4) is 0 Å². The van der Waals surface area contributed by atoms with E-state index < -0.39 is 29.7 Å². The second-order valence-electron chi connectivity index (χ2n) is 5.81. The van der Waals surface area contributed by atoms with Crippen LogP contribution in [-0.2, 0) is 19.1 Å². The molecule has 0 aromatic rings. The molecule has 0 bridgehead atoms. The van der Waals surface area contributed by atoms with Crippen LogP contribution in [0.1, 0.15) is 33.6 Å². The molecule has 23 heavy (non-hydrogen) atoms. The number of hydrogen-bond donors (Lipinski definition) is 3. The smallest absolute Gasteiger partial charge is 0.407 e. The summed E-state index contributed by atoms with van der Waals surface area (Å²) in [6, 6.07) is 0. The van der Waals surface area contributed by atoms with Gasteiger partial charge in [-0.25, -0.2) is 9.59 Å². The summed E-state index contributed by atoms with van der Waals surface area (Å²) in [6.07, 6.45) is 1.53. The van der Waals surface area contributed by atoms with Crippen molar-refractivity contribution in [2.24, 2.45) is 0 Å². The number of carbonyl (C=O) groups is 3. The van der Waals surface area contributed by atoms with Crippen LogP contribution >= 0.6 is 0 Å². The van der Waals surface area contributed by atoms with Crippen LogP contribution < -0.4 is 10.6 Å². The summed E-state index contributed by atoms with van der Waals surface area (Å²) in [7, 11) is 1.21. The molecule has 2 amide bonds. The van der Waals surface area contributed by atoms with E-state index in [9.17, 15) is 19.5 Å². The molecule has 3 N–H and O–H groups in total. The summed E-state index contributed by atoms with van der Waals surface area (Å²) >= 11 is 0. The molecular weight excluding hydrogens is 304 g/mol. The Bertz CT molecular complexity index is 428. The molecule has 0 aromatic heterocycles. The van der Waals surface area contributed by atoms with Crippen molar-refractivity contribution < 1.29 is 29.0 Å². The Labute approximate surface area is 136 Å². The van der Waals surface area contributed by atoms with E-state index in [-0.39, 0.29) is 13.1 Å². The number of amides is 2. The first-order valence-corrected chi connectivity index (χ1v) is 7.33. The van der Waals surface area contributed by atoms with Crippen molar-refractivity contribution in [3.63, 3.8) is 0 Å². The van der Waals surface area contributed by atoms with Crippen LogP contribution in [0, 0.1) is 0 Å². The first-order valence-electron chi connectivity index (χ1n) is 7.33. The average Bonchev–Trinajstić information content (AvgIpc) is 2.42. The Morgan fingerprint density at radius 2 is 1.65 bits per heavy atom. The van der Waals surface area contributed by atoms with E-state index in [0.29, 0.717) is 12.8 Å². The highest BCUT2D eigenvalue weighted by Gasteiger charge is 2.15. The normalized spacial score (nSPS) is 12.6. The van der Waals surface area contributed by atoms with E-state index in [4.69, 9.17) is 4.74 Å². The lowest BCUT2D eigenvalue weighted by atomic mass is 10.2. The molecule has 1 unspecified atom stereocenters. The van der Waals surface area contributed by atoms with E-state index in [1.54, 1.807) is 20.8 Å². The number of alkyl carbamates (subject to hydrolysis) is 1. The number of nitrogens with one attached hydrogen (secondary N) is 2. The molecule has 0 aromatic carbocycles. The largest absolute Gasteiger partial charge is 0.466 e. The van der Waals surface area contributed by atoms with Gasteiger partial charge in [0.25, 0.3) is 0 Å². The molecule has 1 atom stereocenters. The number of aliphatic hydroxyl groups excluding tert-OH is 1. The highest BCUT2D eigenvalue weighted by molar-refractivity contribution is 5.94. The molecule has 0 aliphatic heterocycles. The maximum atomic E-state index is 11.4. The predicted octanol–water partition coefficient (Wildman–Crippen LogP) is 0.498. The van der Waals surface area contributed by atoms with Gasteiger partial charge in [-0.15, -0.1) is 0 Å². The summed E-state index contributed by atoms with van der Waals surface area (Å²) in [5, 5.41) is 14.8. The number of ether oxygens (including phenoxy) is 2. The summed E-state index contributed by atoms with van der Waals surface area (Å²) in [6.45, 7) is 5.81. The van der Waals surface area contributed by atoms with E-state index in [0.717, 1.165) is 12.2 Å². The lowest BCUT2D eigenvalue weighted by Gasteiger charge is -2.20. The minimum absolute atomic E-state index is 0.248. The molecule has 0 heterocycles. The zero-order chi connectivity index (χ0) is 17.9. The van der Waals surface area contributed by atoms with Crippen LogP contribution in [0.5, 0.6) is 0 Å². The van der Waals surface area contributed by atoms with Crippen molar-refractivity contribution >= 4 is 18.0 Å². The Kier molecular flexibility index (Phi) is 9.64. The number of hydrogen-bond acceptors (Lipinski definition) is 6. The van der Waals surface area contributed by atoms with Crippen LogP contribution in [0.25, 0.3) is 0 Å². The lowest BCUT2D eigenvalue weighted by molar-refractivity contribution is -0.135. The van der Waals surface area contributed by atoms with E-state index in [2.05, 4.69) is 15.4 Å². The summed E-state index contributed by atoms with van der Waals surface area (Å²) in [5.74, 6) is -1.07. The quantitative estimate of drug-likeness (QED) is 0.441. The number of methoxy groups -OCH3 is 1. The minimum atomic E-state index is -0.671. The molecule has 8 nitrogen and oxygen atoms in total. The van der Waals surface area contributed by atoms with Gasteiger partial charge in [0.05, 0.1) is 13.2 Å². The Morgan fingerprint density at radius 3 is 2.17 bits per heavy atom. The van der Waals surface area contributed by atoms with Gasteiger partial charge in [0.1, 0.15) is 5.60 Å². The third-order valence-electron chi connectivity index (χ3n) is 2.49. The monoisotopic (exact) mass is 330 g/mol. The molecular formula is C15H26N2O6. The van der Waals surface area contributed by atoms with Gasteiger partial charge < -0.3 is 25.2 Å². The van der Waals surface area contributed by atoms with Gasteiger partial charge in [0, 0.05) is 25.2 Å². The SMILES string of the molecule is COC(=O)/C=C/C(=O)NCCC(O)CCNC(=O)OC(C)(C)C. The molecule has 0 saturated heterocycles. The van der Waals surface area contributed by atoms with Gasteiger partial charge in [-0.1, -0.05) is 0 Å². The molecule has 0 aliphatic carbocycles. The molecule has 0 fully saturated rings. The van der Waals surface area contributed by atoms with Gasteiger partial charge >= 0.3 is 12.1 Å². The van der Waals surface area contributed by atoms with Crippen molar-refractivity contribution in [3.8, 4) is 0 Å². The number of carbonyl (C=O) groups excluding carboxylic acids is 3. The number of esters is 1. The average molecular weight is 330 g/mol. The van der Waals surface area contributed by atoms with Crippen molar-refractivity contribution in [2.45, 2.75) is 45.3 Å². The van der Waals surface area contributed by atoms with Crippen LogP contribution in [0.2, 0.25) is 0 Å². The topological polar surface area (TPSA) is 114 Å². The second kappa shape index (κ2) is 10.6. The Hall–Kier alpha value is -2.09. The van der Waals surface area contributed by atoms with Gasteiger partial charge in [-0.3, -0.25) is 4.79 Å². The maximum absolute atomic E-state index is 11.4. The second-order valence-corrected chi connectivity index (χ2v) is 5.81. The molecule has 0 aliphatic rings. The highest BCUT2D eigenvalue weighted by Crippen LogP contribution is 2.06. The minimum Gasteiger partial charge on any atom is -0.466 e. The molecule has 0 spiro atoms. The third kappa shape index (κ3) is 13.3. The summed E-state index contributed by atoms with van der Waals surface area (Å²) < 4.78 is 9.40. The first-order chi connectivity index (χ1) is 10.6. The fourth-order valence-corrected chi connectivity index (χ4v) is 1.43. The molecule has 0 radical (unpaired) electrons. The number of aliphatic hydroxyl groups is 1. The third-order valence-corrected chi connectivity index (χ3v) is 2.49. The molecule has 0 rings (SSSR count). The van der Waals surface area contributed by atoms with Gasteiger partial charge in [0.2, 0.25) is 5.91 Å². The van der Waals surface area contributed by atoms with Crippen LogP contribution in [0.4, 0.5) is 4.79 Å². The van der Waals surface area contributed by atoms with Crippen molar-refractivity contribution in [2.75, 3.05) is 20.2 Å². The van der Waals surface area contributed by atoms with Crippen LogP contribution in [-0.4, -0.2) is 55.0 Å². The fraction of sp³-hybridized carbons (Fsp3) is 0.667. The van der Waals surface area contributed by atoms with Crippen LogP contribution in [0.15, 0.2) is 12.2 Å². The Morgan fingerprint density at radius 1 is 1.09 bits per heavy atom. The van der Waals surface area contributed by atoms with Gasteiger partial charge in [-0.05, 0) is 33.6 Å². The van der Waals surface area contributed by atoms with Crippen molar-refractivity contribution in [1.29, 1.82) is 0 Å². The molecule has 0 saturated carbocycles. The Balaban J connectivity index is 3.77. The zero-order valence-corrected chi connectivity index (χ0v) is 14.0. The molecule has 8 heteroatoms. The summed E-state index contributed by atoms with van der Waals surface area (Å²) in [5.41, 5.74) is -0.565. The van der Waals surface area contributed by atoms with Gasteiger partial charge in [-0.2, -0.15) is 0 Å². The standard InChI is InChI=1S/C15H26N2O6/c1-15(2,3)23-14(21)17-10-8-11(18)7-9-16-12(19)5-6-13(20)22-4/h5-6,11,18H,7-10H2,1-4H3,(H,16,19)(H,17,21)/b6-5+. The lowest BCUT2D eigenvalue weighted by Crippen LogP contribution is -2.34. The van der Waals surface area contributed by atoms with E-state index in [1.165, 1.54) is 7.11 Å². The predicted molar refractivity (Wildman–Crippen MR) is 83.6 cm³/mol. The van der Waals surface area contributed by atoms with E-state index in [1.807, 2.05) is 0 Å². The van der Waals surface area contributed by atoms with E-state index >= 15 is 0 Å². The zero-order valence-electron chi connectivity index (χ0n) is 14.0.